The van der Waals surface area contributed by atoms with Crippen LogP contribution in [0.1, 0.15) is 5.56 Å². The number of hydrogen-bond donors (Lipinski definition) is 0. The highest BCUT2D eigenvalue weighted by Gasteiger charge is 2.09. The van der Waals surface area contributed by atoms with Gasteiger partial charge in [-0.2, -0.15) is 0 Å². The number of benzene rings is 2. The van der Waals surface area contributed by atoms with E-state index < -0.39 is 0 Å². The fourth-order valence-electron chi connectivity index (χ4n) is 1.80. The molecule has 2 rings (SSSR count). The summed E-state index contributed by atoms with van der Waals surface area (Å²) in [5.41, 5.74) is 0.869. The van der Waals surface area contributed by atoms with Gasteiger partial charge in [-0.05, 0) is 42.0 Å². The molecule has 0 radical (unpaired) electrons. The summed E-state index contributed by atoms with van der Waals surface area (Å²) < 4.78 is 11.5. The van der Waals surface area contributed by atoms with Gasteiger partial charge in [-0.25, -0.2) is 0 Å². The standard InChI is InChI=1S/C16H14BrClO3/c1-20-14-5-6-16(17)11(8-14)7-13(19)10-21-15-4-2-3-12(18)9-15/h2-6,8-9H,7,10H2,1H3. The van der Waals surface area contributed by atoms with Gasteiger partial charge in [0.05, 0.1) is 7.11 Å². The van der Waals surface area contributed by atoms with Crippen molar-refractivity contribution in [2.75, 3.05) is 13.7 Å². The summed E-state index contributed by atoms with van der Waals surface area (Å²) in [7, 11) is 1.59. The summed E-state index contributed by atoms with van der Waals surface area (Å²) >= 11 is 9.29. The smallest absolute Gasteiger partial charge is 0.174 e. The van der Waals surface area contributed by atoms with E-state index in [9.17, 15) is 4.79 Å². The first kappa shape index (κ1) is 15.9. The van der Waals surface area contributed by atoms with Crippen LogP contribution in [0.4, 0.5) is 0 Å². The lowest BCUT2D eigenvalue weighted by Gasteiger charge is -2.08. The summed E-state index contributed by atoms with van der Waals surface area (Å²) in [5, 5.41) is 0.579. The molecule has 2 aromatic rings. The molecule has 0 heterocycles. The summed E-state index contributed by atoms with van der Waals surface area (Å²) in [6.45, 7) is 0.00396. The lowest BCUT2D eigenvalue weighted by molar-refractivity contribution is -0.120. The highest BCUT2D eigenvalue weighted by atomic mass is 79.9. The predicted octanol–water partition coefficient (Wildman–Crippen LogP) is 4.30. The number of hydrogen-bond acceptors (Lipinski definition) is 3. The third-order valence-corrected chi connectivity index (χ3v) is 3.85. The number of Topliss-reactive ketones (excluding diaryl/α,β-unsaturated/α-hetero) is 1. The number of carbonyl (C=O) groups excluding carboxylic acids is 1. The molecule has 0 amide bonds. The van der Waals surface area contributed by atoms with E-state index in [4.69, 9.17) is 21.1 Å². The minimum atomic E-state index is -0.0241. The van der Waals surface area contributed by atoms with E-state index in [0.29, 0.717) is 10.8 Å². The second-order valence-electron chi connectivity index (χ2n) is 4.42. The zero-order valence-corrected chi connectivity index (χ0v) is 13.8. The summed E-state index contributed by atoms with van der Waals surface area (Å²) in [4.78, 5) is 12.0. The molecule has 0 saturated carbocycles. The zero-order chi connectivity index (χ0) is 15.2. The molecule has 21 heavy (non-hydrogen) atoms. The average Bonchev–Trinajstić information content (AvgIpc) is 2.47. The van der Waals surface area contributed by atoms with Gasteiger partial charge in [0.1, 0.15) is 18.1 Å². The molecule has 0 N–H and O–H groups in total. The van der Waals surface area contributed by atoms with E-state index >= 15 is 0 Å². The van der Waals surface area contributed by atoms with Crippen molar-refractivity contribution in [2.45, 2.75) is 6.42 Å². The van der Waals surface area contributed by atoms with Crippen LogP contribution in [0, 0.1) is 0 Å². The molecule has 2 aromatic carbocycles. The first-order chi connectivity index (χ1) is 10.1. The largest absolute Gasteiger partial charge is 0.497 e. The highest BCUT2D eigenvalue weighted by molar-refractivity contribution is 9.10. The number of carbonyl (C=O) groups is 1. The van der Waals surface area contributed by atoms with Crippen molar-refractivity contribution in [3.63, 3.8) is 0 Å². The second-order valence-corrected chi connectivity index (χ2v) is 5.71. The molecule has 5 heteroatoms. The van der Waals surface area contributed by atoms with Crippen molar-refractivity contribution in [2.24, 2.45) is 0 Å². The van der Waals surface area contributed by atoms with Gasteiger partial charge >= 0.3 is 0 Å². The van der Waals surface area contributed by atoms with E-state index in [-0.39, 0.29) is 18.8 Å². The first-order valence-corrected chi connectivity index (χ1v) is 7.48. The quantitative estimate of drug-likeness (QED) is 0.761. The number of rotatable bonds is 6. The van der Waals surface area contributed by atoms with Crippen molar-refractivity contribution in [1.82, 2.24) is 0 Å². The minimum absolute atomic E-state index is 0.00396. The van der Waals surface area contributed by atoms with Crippen LogP contribution in [0.3, 0.4) is 0 Å². The summed E-state index contributed by atoms with van der Waals surface area (Å²) in [6.07, 6.45) is 0.276. The molecule has 0 fully saturated rings. The van der Waals surface area contributed by atoms with Crippen molar-refractivity contribution >= 4 is 33.3 Å². The number of ketones is 1. The molecule has 0 aliphatic rings. The topological polar surface area (TPSA) is 35.5 Å². The maximum Gasteiger partial charge on any atom is 0.174 e. The van der Waals surface area contributed by atoms with Crippen LogP contribution in [0.15, 0.2) is 46.9 Å². The van der Waals surface area contributed by atoms with Crippen LogP contribution in [-0.4, -0.2) is 19.5 Å². The normalized spacial score (nSPS) is 10.2. The molecule has 3 nitrogen and oxygen atoms in total. The Bertz CT molecular complexity index is 643. The lowest BCUT2D eigenvalue weighted by Crippen LogP contribution is -2.14. The molecule has 0 bridgehead atoms. The molecular formula is C16H14BrClO3. The van der Waals surface area contributed by atoms with Gasteiger partial charge in [-0.1, -0.05) is 33.6 Å². The third-order valence-electron chi connectivity index (χ3n) is 2.84. The fraction of sp³-hybridized carbons (Fsp3) is 0.188. The molecule has 0 aliphatic carbocycles. The maximum atomic E-state index is 12.0. The second kappa shape index (κ2) is 7.48. The van der Waals surface area contributed by atoms with E-state index in [1.165, 1.54) is 0 Å². The number of methoxy groups -OCH3 is 1. The van der Waals surface area contributed by atoms with Crippen molar-refractivity contribution in [3.05, 3.63) is 57.5 Å². The molecular weight excluding hydrogens is 356 g/mol. The summed E-state index contributed by atoms with van der Waals surface area (Å²) in [5.74, 6) is 1.28. The van der Waals surface area contributed by atoms with Gasteiger partial charge in [0.2, 0.25) is 0 Å². The monoisotopic (exact) mass is 368 g/mol. The molecule has 0 saturated heterocycles. The van der Waals surface area contributed by atoms with E-state index in [2.05, 4.69) is 15.9 Å². The Morgan fingerprint density at radius 1 is 1.19 bits per heavy atom. The lowest BCUT2D eigenvalue weighted by atomic mass is 10.1. The molecule has 0 unspecified atom stereocenters. The van der Waals surface area contributed by atoms with Crippen LogP contribution < -0.4 is 9.47 Å². The van der Waals surface area contributed by atoms with Gasteiger partial charge < -0.3 is 9.47 Å². The Morgan fingerprint density at radius 2 is 2.00 bits per heavy atom. The Hall–Kier alpha value is -1.52. The van der Waals surface area contributed by atoms with Crippen molar-refractivity contribution in [1.29, 1.82) is 0 Å². The van der Waals surface area contributed by atoms with E-state index in [1.807, 2.05) is 18.2 Å². The average molecular weight is 370 g/mol. The van der Waals surface area contributed by atoms with Gasteiger partial charge in [-0.15, -0.1) is 0 Å². The fourth-order valence-corrected chi connectivity index (χ4v) is 2.36. The number of ether oxygens (including phenoxy) is 2. The Kier molecular flexibility index (Phi) is 5.65. The molecule has 110 valence electrons. The first-order valence-electron chi connectivity index (χ1n) is 6.31. The van der Waals surface area contributed by atoms with Crippen LogP contribution in [0.25, 0.3) is 0 Å². The number of halogens is 2. The van der Waals surface area contributed by atoms with Crippen molar-refractivity contribution < 1.29 is 14.3 Å². The SMILES string of the molecule is COc1ccc(Br)c(CC(=O)COc2cccc(Cl)c2)c1. The summed E-state index contributed by atoms with van der Waals surface area (Å²) in [6, 6.07) is 12.5. The highest BCUT2D eigenvalue weighted by Crippen LogP contribution is 2.23. The predicted molar refractivity (Wildman–Crippen MR) is 86.4 cm³/mol. The zero-order valence-electron chi connectivity index (χ0n) is 11.4. The van der Waals surface area contributed by atoms with E-state index in [0.717, 1.165) is 15.8 Å². The third kappa shape index (κ3) is 4.76. The Morgan fingerprint density at radius 3 is 2.71 bits per heavy atom. The Labute approximate surface area is 137 Å². The Balaban J connectivity index is 1.96. The van der Waals surface area contributed by atoms with Crippen LogP contribution in [0.2, 0.25) is 5.02 Å². The van der Waals surface area contributed by atoms with Crippen LogP contribution in [0.5, 0.6) is 11.5 Å². The van der Waals surface area contributed by atoms with Gasteiger partial charge in [-0.3, -0.25) is 4.79 Å². The van der Waals surface area contributed by atoms with Gasteiger partial charge in [0.25, 0.3) is 0 Å². The van der Waals surface area contributed by atoms with Crippen molar-refractivity contribution in [3.8, 4) is 11.5 Å². The van der Waals surface area contributed by atoms with E-state index in [1.54, 1.807) is 31.4 Å². The van der Waals surface area contributed by atoms with Crippen LogP contribution >= 0.6 is 27.5 Å². The van der Waals surface area contributed by atoms with Gasteiger partial charge in [0.15, 0.2) is 5.78 Å². The minimum Gasteiger partial charge on any atom is -0.497 e. The maximum absolute atomic E-state index is 12.0. The van der Waals surface area contributed by atoms with Gasteiger partial charge in [0, 0.05) is 15.9 Å². The molecule has 0 spiro atoms. The molecule has 0 atom stereocenters. The molecule has 0 aliphatic heterocycles. The molecule has 0 aromatic heterocycles. The van der Waals surface area contributed by atoms with Crippen LogP contribution in [-0.2, 0) is 11.2 Å².